The van der Waals surface area contributed by atoms with Gasteiger partial charge in [0.25, 0.3) is 5.91 Å². The molecule has 0 radical (unpaired) electrons. The minimum absolute atomic E-state index is 0.0642. The van der Waals surface area contributed by atoms with Crippen LogP contribution in [0, 0.1) is 0 Å². The Bertz CT molecular complexity index is 383. The van der Waals surface area contributed by atoms with Crippen molar-refractivity contribution >= 4 is 11.6 Å². The first-order valence-corrected chi connectivity index (χ1v) is 4.79. The molecular formula is C11H13NO3. The molecule has 1 fully saturated rings. The van der Waals surface area contributed by atoms with Crippen LogP contribution in [0.15, 0.2) is 24.3 Å². The van der Waals surface area contributed by atoms with Gasteiger partial charge in [-0.25, -0.2) is 0 Å². The van der Waals surface area contributed by atoms with Crippen LogP contribution in [-0.4, -0.2) is 16.6 Å². The number of phenolic OH excluding ortho intramolecular Hbond substituents is 1. The first-order valence-electron chi connectivity index (χ1n) is 4.79. The first-order chi connectivity index (χ1) is 6.98. The van der Waals surface area contributed by atoms with Crippen LogP contribution in [0.25, 0.3) is 0 Å². The highest BCUT2D eigenvalue weighted by molar-refractivity contribution is 5.93. The van der Waals surface area contributed by atoms with Gasteiger partial charge < -0.3 is 5.11 Å². The number of hydrogen-bond acceptors (Lipinski definition) is 3. The van der Waals surface area contributed by atoms with E-state index in [1.165, 1.54) is 17.2 Å². The lowest BCUT2D eigenvalue weighted by atomic mass is 10.1. The summed E-state index contributed by atoms with van der Waals surface area (Å²) in [6.07, 6.45) is 0.369. The second-order valence-corrected chi connectivity index (χ2v) is 4.23. The lowest BCUT2D eigenvalue weighted by Crippen LogP contribution is -2.25. The summed E-state index contributed by atoms with van der Waals surface area (Å²) in [6, 6.07) is 6.35. The predicted molar refractivity (Wildman–Crippen MR) is 55.4 cm³/mol. The van der Waals surface area contributed by atoms with E-state index >= 15 is 0 Å². The van der Waals surface area contributed by atoms with Crippen molar-refractivity contribution in [2.24, 2.45) is 0 Å². The molecule has 0 aromatic heterocycles. The number of carbonyl (C=O) groups is 1. The molecule has 0 spiro atoms. The number of amides is 1. The fraction of sp³-hybridized carbons (Fsp3) is 0.364. The highest BCUT2D eigenvalue weighted by Crippen LogP contribution is 2.31. The maximum absolute atomic E-state index is 11.6. The van der Waals surface area contributed by atoms with Gasteiger partial charge >= 0.3 is 0 Å². The first kappa shape index (κ1) is 9.98. The van der Waals surface area contributed by atoms with Gasteiger partial charge in [-0.05, 0) is 38.1 Å². The average molecular weight is 207 g/mol. The number of rotatable bonds is 1. The van der Waals surface area contributed by atoms with Gasteiger partial charge in [0.15, 0.2) is 0 Å². The second-order valence-electron chi connectivity index (χ2n) is 4.23. The van der Waals surface area contributed by atoms with Crippen LogP contribution >= 0.6 is 0 Å². The Kier molecular flexibility index (Phi) is 2.16. The van der Waals surface area contributed by atoms with Crippen LogP contribution in [-0.2, 0) is 9.63 Å². The Labute approximate surface area is 88.0 Å². The number of carbonyl (C=O) groups excluding carboxylic acids is 1. The van der Waals surface area contributed by atoms with Gasteiger partial charge in [-0.3, -0.25) is 9.63 Å². The van der Waals surface area contributed by atoms with Gasteiger partial charge in [0.1, 0.15) is 11.4 Å². The molecule has 1 aliphatic heterocycles. The van der Waals surface area contributed by atoms with Crippen molar-refractivity contribution < 1.29 is 14.7 Å². The molecule has 1 aliphatic rings. The molecule has 1 heterocycles. The fourth-order valence-corrected chi connectivity index (χ4v) is 1.55. The summed E-state index contributed by atoms with van der Waals surface area (Å²) in [5.41, 5.74) is 0.193. The van der Waals surface area contributed by atoms with E-state index in [9.17, 15) is 4.79 Å². The Morgan fingerprint density at radius 2 is 1.93 bits per heavy atom. The number of hydroxylamine groups is 1. The minimum atomic E-state index is -0.449. The zero-order valence-corrected chi connectivity index (χ0v) is 8.73. The number of nitrogens with zero attached hydrogens (tertiary/aromatic N) is 1. The second kappa shape index (κ2) is 3.24. The number of aromatic hydroxyl groups is 1. The quantitative estimate of drug-likeness (QED) is 0.764. The summed E-state index contributed by atoms with van der Waals surface area (Å²) in [6.45, 7) is 3.73. The molecule has 1 N–H and O–H groups in total. The summed E-state index contributed by atoms with van der Waals surface area (Å²) in [5.74, 6) is 0.107. The molecule has 0 atom stereocenters. The Morgan fingerprint density at radius 3 is 2.40 bits per heavy atom. The molecular weight excluding hydrogens is 194 g/mol. The van der Waals surface area contributed by atoms with Gasteiger partial charge in [0.2, 0.25) is 0 Å². The number of hydrogen-bond donors (Lipinski definition) is 1. The van der Waals surface area contributed by atoms with Gasteiger partial charge in [-0.15, -0.1) is 0 Å². The van der Waals surface area contributed by atoms with Crippen molar-refractivity contribution in [2.75, 3.05) is 5.06 Å². The Morgan fingerprint density at radius 1 is 1.33 bits per heavy atom. The third kappa shape index (κ3) is 1.94. The average Bonchev–Trinajstić information content (AvgIpc) is 2.41. The highest BCUT2D eigenvalue weighted by atomic mass is 16.7. The minimum Gasteiger partial charge on any atom is -0.508 e. The molecule has 2 rings (SSSR count). The van der Waals surface area contributed by atoms with Crippen molar-refractivity contribution in [1.29, 1.82) is 0 Å². The van der Waals surface area contributed by atoms with Crippen molar-refractivity contribution in [2.45, 2.75) is 25.9 Å². The molecule has 4 heteroatoms. The van der Waals surface area contributed by atoms with E-state index in [1.807, 2.05) is 13.8 Å². The lowest BCUT2D eigenvalue weighted by Gasteiger charge is -2.19. The van der Waals surface area contributed by atoms with Gasteiger partial charge in [0.05, 0.1) is 12.1 Å². The summed E-state index contributed by atoms with van der Waals surface area (Å²) in [7, 11) is 0. The van der Waals surface area contributed by atoms with Gasteiger partial charge in [-0.1, -0.05) is 0 Å². The van der Waals surface area contributed by atoms with E-state index in [0.717, 1.165) is 0 Å². The molecule has 0 bridgehead atoms. The van der Waals surface area contributed by atoms with Crippen molar-refractivity contribution in [1.82, 2.24) is 0 Å². The summed E-state index contributed by atoms with van der Waals surface area (Å²) in [5, 5.41) is 10.4. The molecule has 0 aliphatic carbocycles. The molecule has 4 nitrogen and oxygen atoms in total. The van der Waals surface area contributed by atoms with Crippen LogP contribution in [0.1, 0.15) is 20.3 Å². The summed E-state index contributed by atoms with van der Waals surface area (Å²) < 4.78 is 0. The highest BCUT2D eigenvalue weighted by Gasteiger charge is 2.38. The van der Waals surface area contributed by atoms with E-state index in [0.29, 0.717) is 12.1 Å². The van der Waals surface area contributed by atoms with E-state index in [1.54, 1.807) is 12.1 Å². The smallest absolute Gasteiger partial charge is 0.253 e. The molecule has 1 amide bonds. The Hall–Kier alpha value is -1.55. The lowest BCUT2D eigenvalue weighted by molar-refractivity contribution is -0.119. The molecule has 1 saturated heterocycles. The number of anilines is 1. The maximum Gasteiger partial charge on any atom is 0.253 e. The van der Waals surface area contributed by atoms with E-state index in [4.69, 9.17) is 9.94 Å². The standard InChI is InChI=1S/C11H13NO3/c1-11(2)7-10(14)12(15-11)8-3-5-9(13)6-4-8/h3-6,13H,7H2,1-2H3. The van der Waals surface area contributed by atoms with Crippen molar-refractivity contribution in [3.63, 3.8) is 0 Å². The van der Waals surface area contributed by atoms with Crippen LogP contribution in [0.4, 0.5) is 5.69 Å². The maximum atomic E-state index is 11.6. The SMILES string of the molecule is CC1(C)CC(=O)N(c2ccc(O)cc2)O1. The zero-order chi connectivity index (χ0) is 11.1. The van der Waals surface area contributed by atoms with Crippen molar-refractivity contribution in [3.05, 3.63) is 24.3 Å². The normalized spacial score (nSPS) is 19.6. The van der Waals surface area contributed by atoms with Gasteiger partial charge in [0, 0.05) is 0 Å². The molecule has 80 valence electrons. The predicted octanol–water partition coefficient (Wildman–Crippen LogP) is 1.84. The van der Waals surface area contributed by atoms with Crippen LogP contribution in [0.2, 0.25) is 0 Å². The van der Waals surface area contributed by atoms with E-state index in [-0.39, 0.29) is 11.7 Å². The zero-order valence-electron chi connectivity index (χ0n) is 8.73. The van der Waals surface area contributed by atoms with E-state index < -0.39 is 5.60 Å². The van der Waals surface area contributed by atoms with Crippen LogP contribution in [0.5, 0.6) is 5.75 Å². The third-order valence-electron chi connectivity index (χ3n) is 2.23. The molecule has 0 saturated carbocycles. The van der Waals surface area contributed by atoms with Gasteiger partial charge in [-0.2, -0.15) is 5.06 Å². The topological polar surface area (TPSA) is 49.8 Å². The largest absolute Gasteiger partial charge is 0.508 e. The number of phenols is 1. The molecule has 1 aromatic carbocycles. The van der Waals surface area contributed by atoms with Crippen LogP contribution in [0.3, 0.4) is 0 Å². The monoisotopic (exact) mass is 207 g/mol. The molecule has 15 heavy (non-hydrogen) atoms. The van der Waals surface area contributed by atoms with E-state index in [2.05, 4.69) is 0 Å². The fourth-order valence-electron chi connectivity index (χ4n) is 1.55. The Balaban J connectivity index is 2.25. The van der Waals surface area contributed by atoms with Crippen LogP contribution < -0.4 is 5.06 Å². The summed E-state index contributed by atoms with van der Waals surface area (Å²) >= 11 is 0. The van der Waals surface area contributed by atoms with Crippen molar-refractivity contribution in [3.8, 4) is 5.75 Å². The molecule has 1 aromatic rings. The number of benzene rings is 1. The molecule has 0 unspecified atom stereocenters. The summed E-state index contributed by atoms with van der Waals surface area (Å²) in [4.78, 5) is 17.1. The third-order valence-corrected chi connectivity index (χ3v) is 2.23.